The van der Waals surface area contributed by atoms with Gasteiger partial charge in [0.1, 0.15) is 5.01 Å². The van der Waals surface area contributed by atoms with Gasteiger partial charge >= 0.3 is 0 Å². The number of fused-ring (bicyclic) bond motifs is 11. The van der Waals surface area contributed by atoms with Gasteiger partial charge in [0.15, 0.2) is 0 Å². The molecule has 0 amide bonds. The molecule has 4 heteroatoms. The normalized spacial score (nSPS) is 13.8. The lowest BCUT2D eigenvalue weighted by Gasteiger charge is -2.29. The largest absolute Gasteiger partial charge is 0.310 e. The summed E-state index contributed by atoms with van der Waals surface area (Å²) in [5, 5.41) is 6.10. The van der Waals surface area contributed by atoms with Gasteiger partial charge in [-0.2, -0.15) is 0 Å². The van der Waals surface area contributed by atoms with Crippen molar-refractivity contribution in [2.45, 2.75) is 45.4 Å². The highest BCUT2D eigenvalue weighted by Crippen LogP contribution is 2.52. The summed E-state index contributed by atoms with van der Waals surface area (Å²) in [7, 11) is 0. The lowest BCUT2D eigenvalue weighted by atomic mass is 9.82. The van der Waals surface area contributed by atoms with Crippen LogP contribution in [0.2, 0.25) is 0 Å². The minimum atomic E-state index is -0.101. The van der Waals surface area contributed by atoms with Crippen LogP contribution in [0.25, 0.3) is 70.0 Å². The molecule has 1 aliphatic carbocycles. The number of anilines is 3. The van der Waals surface area contributed by atoms with E-state index in [0.29, 0.717) is 0 Å². The van der Waals surface area contributed by atoms with Crippen molar-refractivity contribution >= 4 is 76.7 Å². The summed E-state index contributed by atoms with van der Waals surface area (Å²) in [6.45, 7) is 11.6. The first kappa shape index (κ1) is 31.5. The maximum Gasteiger partial charge on any atom is 0.124 e. The molecule has 3 heterocycles. The Labute approximate surface area is 319 Å². The van der Waals surface area contributed by atoms with Gasteiger partial charge in [0, 0.05) is 49.6 Å². The van der Waals surface area contributed by atoms with Crippen molar-refractivity contribution in [3.05, 3.63) is 162 Å². The lowest BCUT2D eigenvalue weighted by molar-refractivity contribution is 0.590. The summed E-state index contributed by atoms with van der Waals surface area (Å²) in [4.78, 5) is 7.72. The Balaban J connectivity index is 1.19. The summed E-state index contributed by atoms with van der Waals surface area (Å²) in [5.74, 6) is 0. The van der Waals surface area contributed by atoms with Gasteiger partial charge in [0.25, 0.3) is 0 Å². The molecule has 0 N–H and O–H groups in total. The van der Waals surface area contributed by atoms with E-state index in [2.05, 4.69) is 190 Å². The highest BCUT2D eigenvalue weighted by atomic mass is 32.1. The molecular formula is C50H39N3S. The van der Waals surface area contributed by atoms with Crippen LogP contribution in [0.15, 0.2) is 146 Å². The Morgan fingerprint density at radius 3 is 2.07 bits per heavy atom. The van der Waals surface area contributed by atoms with Gasteiger partial charge < -0.3 is 9.30 Å². The van der Waals surface area contributed by atoms with Crippen LogP contribution in [0, 0.1) is 0 Å². The quantitative estimate of drug-likeness (QED) is 0.181. The molecule has 0 radical (unpaired) electrons. The van der Waals surface area contributed by atoms with E-state index in [4.69, 9.17) is 4.98 Å². The van der Waals surface area contributed by atoms with Gasteiger partial charge in [-0.25, -0.2) is 4.98 Å². The molecule has 0 saturated heterocycles. The lowest BCUT2D eigenvalue weighted by Crippen LogP contribution is -2.17. The monoisotopic (exact) mass is 713 g/mol. The van der Waals surface area contributed by atoms with Crippen molar-refractivity contribution in [1.29, 1.82) is 0 Å². The standard InChI is InChI=1S/C50H39N3S/c1-49(2,3)31-19-21-32(22-20-31)52(34-23-25-36-35-15-9-11-17-40(35)50(4,5)41(36)28-34)33-24-26-44-39(27-33)45-46-38(37-16-10-12-18-43(37)53(44)46)29-42-47(45)54-48(51-42)30-13-7-6-8-14-30/h6-29H,1-5H3. The fourth-order valence-corrected chi connectivity index (χ4v) is 10.3. The molecule has 0 saturated carbocycles. The van der Waals surface area contributed by atoms with Crippen LogP contribution in [-0.2, 0) is 10.8 Å². The Morgan fingerprint density at radius 1 is 0.593 bits per heavy atom. The number of hydrogen-bond acceptors (Lipinski definition) is 3. The van der Waals surface area contributed by atoms with Gasteiger partial charge in [-0.05, 0) is 87.8 Å². The predicted molar refractivity (Wildman–Crippen MR) is 231 cm³/mol. The SMILES string of the molecule is CC(C)(C)c1ccc(N(c2ccc3c(c2)C(C)(C)c2ccccc2-3)c2ccc3c(c2)c2c4sc(-c5ccccc5)nc4cc4c5ccccc5n3c42)cc1. The highest BCUT2D eigenvalue weighted by Gasteiger charge is 2.36. The Kier molecular flexibility index (Phi) is 6.45. The Bertz CT molecular complexity index is 3100. The molecular weight excluding hydrogens is 675 g/mol. The molecule has 0 bridgehead atoms. The number of aromatic nitrogens is 2. The maximum atomic E-state index is 5.27. The zero-order chi connectivity index (χ0) is 36.5. The number of nitrogens with zero attached hydrogens (tertiary/aromatic N) is 3. The van der Waals surface area contributed by atoms with Crippen LogP contribution in [0.5, 0.6) is 0 Å². The Hall–Kier alpha value is -5.97. The number of rotatable bonds is 4. The van der Waals surface area contributed by atoms with Crippen LogP contribution in [0.3, 0.4) is 0 Å². The first-order valence-corrected chi connectivity index (χ1v) is 19.7. The second-order valence-corrected chi connectivity index (χ2v) is 17.5. The topological polar surface area (TPSA) is 20.5 Å². The molecule has 3 aromatic heterocycles. The molecule has 0 fully saturated rings. The second kappa shape index (κ2) is 11.0. The first-order valence-electron chi connectivity index (χ1n) is 18.9. The van der Waals surface area contributed by atoms with Gasteiger partial charge in [-0.3, -0.25) is 0 Å². The summed E-state index contributed by atoms with van der Waals surface area (Å²) in [5.41, 5.74) is 16.1. The minimum absolute atomic E-state index is 0.0634. The fraction of sp³-hybridized carbons (Fsp3) is 0.140. The first-order chi connectivity index (χ1) is 26.2. The molecule has 3 nitrogen and oxygen atoms in total. The Morgan fingerprint density at radius 2 is 1.26 bits per heavy atom. The van der Waals surface area contributed by atoms with Crippen molar-refractivity contribution in [2.24, 2.45) is 0 Å². The van der Waals surface area contributed by atoms with E-state index in [-0.39, 0.29) is 10.8 Å². The van der Waals surface area contributed by atoms with Gasteiger partial charge in [-0.1, -0.05) is 126 Å². The van der Waals surface area contributed by atoms with Crippen LogP contribution < -0.4 is 4.90 Å². The van der Waals surface area contributed by atoms with E-state index in [1.54, 1.807) is 11.3 Å². The van der Waals surface area contributed by atoms with Crippen LogP contribution in [-0.4, -0.2) is 9.38 Å². The summed E-state index contributed by atoms with van der Waals surface area (Å²) < 4.78 is 3.72. The summed E-state index contributed by atoms with van der Waals surface area (Å²) in [6, 6.07) is 54.0. The van der Waals surface area contributed by atoms with Crippen LogP contribution in [0.1, 0.15) is 51.3 Å². The number of benzene rings is 7. The maximum absolute atomic E-state index is 5.27. The second-order valence-electron chi connectivity index (χ2n) is 16.5. The molecule has 0 atom stereocenters. The van der Waals surface area contributed by atoms with E-state index in [1.165, 1.54) is 70.6 Å². The number of thiazole rings is 1. The molecule has 54 heavy (non-hydrogen) atoms. The summed E-state index contributed by atoms with van der Waals surface area (Å²) in [6.07, 6.45) is 0. The predicted octanol–water partition coefficient (Wildman–Crippen LogP) is 14.2. The average Bonchev–Trinajstić information content (AvgIpc) is 3.91. The van der Waals surface area contributed by atoms with Crippen molar-refractivity contribution in [3.63, 3.8) is 0 Å². The van der Waals surface area contributed by atoms with E-state index < -0.39 is 0 Å². The smallest absolute Gasteiger partial charge is 0.124 e. The van der Waals surface area contributed by atoms with E-state index in [9.17, 15) is 0 Å². The van der Waals surface area contributed by atoms with E-state index in [1.807, 2.05) is 0 Å². The zero-order valence-corrected chi connectivity index (χ0v) is 31.9. The molecule has 0 unspecified atom stereocenters. The van der Waals surface area contributed by atoms with Crippen LogP contribution in [0.4, 0.5) is 17.1 Å². The average molecular weight is 714 g/mol. The molecule has 10 aromatic rings. The summed E-state index contributed by atoms with van der Waals surface area (Å²) >= 11 is 1.80. The third-order valence-electron chi connectivity index (χ3n) is 11.9. The van der Waals surface area contributed by atoms with E-state index >= 15 is 0 Å². The van der Waals surface area contributed by atoms with Crippen molar-refractivity contribution in [3.8, 4) is 21.7 Å². The van der Waals surface area contributed by atoms with Crippen molar-refractivity contribution in [1.82, 2.24) is 9.38 Å². The number of hydrogen-bond donors (Lipinski definition) is 0. The van der Waals surface area contributed by atoms with Gasteiger partial charge in [-0.15, -0.1) is 11.3 Å². The highest BCUT2D eigenvalue weighted by molar-refractivity contribution is 7.22. The van der Waals surface area contributed by atoms with Crippen molar-refractivity contribution in [2.75, 3.05) is 4.90 Å². The van der Waals surface area contributed by atoms with E-state index in [0.717, 1.165) is 33.1 Å². The van der Waals surface area contributed by atoms with Gasteiger partial charge in [0.2, 0.25) is 0 Å². The fourth-order valence-electron chi connectivity index (χ4n) is 9.16. The zero-order valence-electron chi connectivity index (χ0n) is 31.1. The molecule has 0 aliphatic heterocycles. The van der Waals surface area contributed by atoms with Crippen molar-refractivity contribution < 1.29 is 0 Å². The molecule has 11 rings (SSSR count). The molecule has 1 aliphatic rings. The molecule has 7 aromatic carbocycles. The molecule has 0 spiro atoms. The molecule has 260 valence electrons. The van der Waals surface area contributed by atoms with Gasteiger partial charge in [0.05, 0.1) is 26.8 Å². The third-order valence-corrected chi connectivity index (χ3v) is 13.0. The minimum Gasteiger partial charge on any atom is -0.310 e. The van der Waals surface area contributed by atoms with Crippen LogP contribution >= 0.6 is 11.3 Å². The third kappa shape index (κ3) is 4.38. The number of para-hydroxylation sites is 1.